The van der Waals surface area contributed by atoms with Crippen LogP contribution in [0.1, 0.15) is 19.0 Å². The second kappa shape index (κ2) is 5.02. The normalized spacial score (nSPS) is 31.9. The molecule has 1 saturated heterocycles. The van der Waals surface area contributed by atoms with E-state index in [2.05, 4.69) is 15.1 Å². The van der Waals surface area contributed by atoms with Crippen molar-refractivity contribution in [3.05, 3.63) is 11.9 Å². The molecular formula is C12H18N6O4. The van der Waals surface area contributed by atoms with E-state index in [0.29, 0.717) is 0 Å². The zero-order valence-corrected chi connectivity index (χ0v) is 11.9. The number of fused-ring (bicyclic) bond motifs is 1. The molecule has 22 heavy (non-hydrogen) atoms. The predicted octanol–water partition coefficient (Wildman–Crippen LogP) is -1.79. The third kappa shape index (κ3) is 2.00. The van der Waals surface area contributed by atoms with E-state index in [0.717, 1.165) is 0 Å². The molecule has 1 aliphatic heterocycles. The first-order valence-corrected chi connectivity index (χ1v) is 6.84. The van der Waals surface area contributed by atoms with Crippen LogP contribution in [0.5, 0.6) is 0 Å². The average molecular weight is 310 g/mol. The van der Waals surface area contributed by atoms with Crippen molar-refractivity contribution in [2.24, 2.45) is 5.92 Å². The molecule has 0 aliphatic carbocycles. The van der Waals surface area contributed by atoms with E-state index in [1.807, 2.05) is 0 Å². The van der Waals surface area contributed by atoms with Gasteiger partial charge in [-0.15, -0.1) is 5.10 Å². The van der Waals surface area contributed by atoms with Crippen LogP contribution in [0.25, 0.3) is 5.65 Å². The summed E-state index contributed by atoms with van der Waals surface area (Å²) in [5.74, 6) is -2.50. The Morgan fingerprint density at radius 1 is 1.45 bits per heavy atom. The lowest BCUT2D eigenvalue weighted by Crippen LogP contribution is -2.35. The van der Waals surface area contributed by atoms with Crippen LogP contribution in [0.15, 0.2) is 6.20 Å². The van der Waals surface area contributed by atoms with Gasteiger partial charge in [0.1, 0.15) is 5.69 Å². The summed E-state index contributed by atoms with van der Waals surface area (Å²) >= 11 is 0. The molecule has 0 amide bonds. The molecule has 0 saturated carbocycles. The van der Waals surface area contributed by atoms with Gasteiger partial charge in [0.2, 0.25) is 11.7 Å². The number of hydrogen-bond donors (Lipinski definition) is 5. The van der Waals surface area contributed by atoms with Gasteiger partial charge in [-0.3, -0.25) is 0 Å². The zero-order valence-electron chi connectivity index (χ0n) is 11.9. The summed E-state index contributed by atoms with van der Waals surface area (Å²) in [7, 11) is 0. The van der Waals surface area contributed by atoms with E-state index in [4.69, 9.17) is 21.3 Å². The highest BCUT2D eigenvalue weighted by Crippen LogP contribution is 2.43. The van der Waals surface area contributed by atoms with Gasteiger partial charge in [-0.05, 0) is 6.42 Å². The summed E-state index contributed by atoms with van der Waals surface area (Å²) in [4.78, 5) is 7.87. The summed E-state index contributed by atoms with van der Waals surface area (Å²) < 4.78 is 6.84. The van der Waals surface area contributed by atoms with Crippen molar-refractivity contribution in [1.29, 1.82) is 0 Å². The quantitative estimate of drug-likeness (QED) is 0.440. The first-order chi connectivity index (χ1) is 10.4. The van der Waals surface area contributed by atoms with E-state index in [-0.39, 0.29) is 36.1 Å². The molecule has 3 heterocycles. The highest BCUT2D eigenvalue weighted by Gasteiger charge is 2.54. The molecule has 120 valence electrons. The molecule has 3 rings (SSSR count). The topological polar surface area (TPSA) is 165 Å². The first-order valence-electron chi connectivity index (χ1n) is 6.84. The number of rotatable bonds is 3. The number of ether oxygens (including phenoxy) is 1. The van der Waals surface area contributed by atoms with Gasteiger partial charge >= 0.3 is 0 Å². The molecule has 4 unspecified atom stereocenters. The second-order valence-corrected chi connectivity index (χ2v) is 5.38. The Labute approximate surface area is 125 Å². The highest BCUT2D eigenvalue weighted by atomic mass is 16.6. The van der Waals surface area contributed by atoms with Gasteiger partial charge in [-0.1, -0.05) is 6.92 Å². The van der Waals surface area contributed by atoms with Crippen LogP contribution >= 0.6 is 0 Å². The molecule has 1 fully saturated rings. The Morgan fingerprint density at radius 2 is 2.18 bits per heavy atom. The van der Waals surface area contributed by atoms with Crippen molar-refractivity contribution in [3.8, 4) is 0 Å². The smallest absolute Gasteiger partial charge is 0.240 e. The Hall–Kier alpha value is -2.01. The fourth-order valence-electron chi connectivity index (χ4n) is 2.78. The summed E-state index contributed by atoms with van der Waals surface area (Å²) in [6.45, 7) is 1.47. The van der Waals surface area contributed by atoms with Crippen LogP contribution in [0, 0.1) is 5.92 Å². The number of nitrogens with two attached hydrogens (primary N) is 2. The van der Waals surface area contributed by atoms with Gasteiger partial charge in [0, 0.05) is 12.5 Å². The van der Waals surface area contributed by atoms with Crippen LogP contribution in [0.3, 0.4) is 0 Å². The van der Waals surface area contributed by atoms with Crippen LogP contribution in [-0.4, -0.2) is 53.7 Å². The second-order valence-electron chi connectivity index (χ2n) is 5.38. The molecule has 2 aromatic rings. The highest BCUT2D eigenvalue weighted by molar-refractivity contribution is 5.60. The molecule has 0 radical (unpaired) electrons. The van der Waals surface area contributed by atoms with Crippen molar-refractivity contribution in [2.45, 2.75) is 31.3 Å². The maximum absolute atomic E-state index is 10.9. The van der Waals surface area contributed by atoms with Crippen molar-refractivity contribution < 1.29 is 20.1 Å². The molecule has 2 aromatic heterocycles. The number of aliphatic hydroxyl groups is 3. The van der Waals surface area contributed by atoms with Crippen LogP contribution in [0.2, 0.25) is 0 Å². The first kappa shape index (κ1) is 14.9. The minimum absolute atomic E-state index is 0.0699. The van der Waals surface area contributed by atoms with Crippen molar-refractivity contribution >= 4 is 17.4 Å². The lowest BCUT2D eigenvalue weighted by atomic mass is 9.93. The number of imidazole rings is 1. The number of hydrogen-bond acceptors (Lipinski definition) is 9. The van der Waals surface area contributed by atoms with Gasteiger partial charge in [-0.2, -0.15) is 4.98 Å². The molecule has 7 N–H and O–H groups in total. The zero-order chi connectivity index (χ0) is 16.1. The number of aromatic nitrogens is 4. The summed E-state index contributed by atoms with van der Waals surface area (Å²) in [6.07, 6.45) is -0.0972. The van der Waals surface area contributed by atoms with Crippen LogP contribution in [-0.2, 0) is 10.5 Å². The standard InChI is InChI=1S/C12H18N6O4/c1-5-8(20)6(2-3-19)22-12(5,21)7-4-15-10-9(13)16-11(14)17-18(7)10/h4-6,8,19-21H,2-3H2,1H3,(H4,13,14,16,17). The van der Waals surface area contributed by atoms with Gasteiger partial charge in [0.15, 0.2) is 11.5 Å². The Kier molecular flexibility index (Phi) is 3.40. The van der Waals surface area contributed by atoms with E-state index in [9.17, 15) is 10.2 Å². The number of anilines is 2. The van der Waals surface area contributed by atoms with Crippen LogP contribution in [0.4, 0.5) is 11.8 Å². The summed E-state index contributed by atoms with van der Waals surface area (Å²) in [6, 6.07) is 0. The van der Waals surface area contributed by atoms with E-state index >= 15 is 0 Å². The van der Waals surface area contributed by atoms with Crippen LogP contribution < -0.4 is 11.5 Å². The Balaban J connectivity index is 2.10. The largest absolute Gasteiger partial charge is 0.396 e. The maximum Gasteiger partial charge on any atom is 0.240 e. The molecule has 4 atom stereocenters. The molecule has 0 bridgehead atoms. The Morgan fingerprint density at radius 3 is 2.86 bits per heavy atom. The molecule has 10 nitrogen and oxygen atoms in total. The SMILES string of the molecule is CC1C(O)C(CCO)OC1(O)c1cnc2c(N)nc(N)nn12. The monoisotopic (exact) mass is 310 g/mol. The molecule has 0 spiro atoms. The predicted molar refractivity (Wildman–Crippen MR) is 75.3 cm³/mol. The average Bonchev–Trinajstić information content (AvgIpc) is 2.97. The molecule has 0 aromatic carbocycles. The third-order valence-electron chi connectivity index (χ3n) is 4.03. The number of nitrogen functional groups attached to an aromatic ring is 2. The molecule has 1 aliphatic rings. The molecule has 10 heteroatoms. The molecular weight excluding hydrogens is 292 g/mol. The lowest BCUT2D eigenvalue weighted by Gasteiger charge is -2.26. The lowest BCUT2D eigenvalue weighted by molar-refractivity contribution is -0.223. The minimum Gasteiger partial charge on any atom is -0.396 e. The van der Waals surface area contributed by atoms with Gasteiger partial charge in [0.25, 0.3) is 0 Å². The Bertz CT molecular complexity index is 706. The summed E-state index contributed by atoms with van der Waals surface area (Å²) in [5, 5.41) is 34.1. The minimum atomic E-state index is -1.83. The van der Waals surface area contributed by atoms with Crippen molar-refractivity contribution in [3.63, 3.8) is 0 Å². The van der Waals surface area contributed by atoms with Crippen molar-refractivity contribution in [2.75, 3.05) is 18.1 Å². The third-order valence-corrected chi connectivity index (χ3v) is 4.03. The van der Waals surface area contributed by atoms with Gasteiger partial charge in [0.05, 0.1) is 18.4 Å². The number of aliphatic hydroxyl groups excluding tert-OH is 2. The van der Waals surface area contributed by atoms with E-state index < -0.39 is 23.9 Å². The van der Waals surface area contributed by atoms with Gasteiger partial charge < -0.3 is 31.5 Å². The van der Waals surface area contributed by atoms with Crippen molar-refractivity contribution in [1.82, 2.24) is 19.6 Å². The van der Waals surface area contributed by atoms with E-state index in [1.54, 1.807) is 6.92 Å². The maximum atomic E-state index is 10.9. The summed E-state index contributed by atoms with van der Waals surface area (Å²) in [5.41, 5.74) is 11.7. The van der Waals surface area contributed by atoms with Gasteiger partial charge in [-0.25, -0.2) is 9.50 Å². The fourth-order valence-corrected chi connectivity index (χ4v) is 2.78. The number of nitrogens with zero attached hydrogens (tertiary/aromatic N) is 4. The fraction of sp³-hybridized carbons (Fsp3) is 0.583. The van der Waals surface area contributed by atoms with E-state index in [1.165, 1.54) is 10.7 Å².